The van der Waals surface area contributed by atoms with Gasteiger partial charge in [-0.15, -0.1) is 0 Å². The number of ether oxygens (including phenoxy) is 2. The molecule has 0 fully saturated rings. The van der Waals surface area contributed by atoms with Crippen molar-refractivity contribution in [2.45, 2.75) is 33.6 Å². The van der Waals surface area contributed by atoms with Crippen molar-refractivity contribution >= 4 is 69.4 Å². The first kappa shape index (κ1) is 30.9. The van der Waals surface area contributed by atoms with E-state index in [1.54, 1.807) is 17.1 Å². The molecular weight excluding hydrogens is 596 g/mol. The third kappa shape index (κ3) is 12.0. The highest BCUT2D eigenvalue weighted by molar-refractivity contribution is 14.1. The summed E-state index contributed by atoms with van der Waals surface area (Å²) in [5.74, 6) is 0.308. The van der Waals surface area contributed by atoms with Gasteiger partial charge in [0.1, 0.15) is 12.4 Å². The highest BCUT2D eigenvalue weighted by Gasteiger charge is 2.25. The van der Waals surface area contributed by atoms with Gasteiger partial charge in [0.25, 0.3) is 0 Å². The van der Waals surface area contributed by atoms with Crippen molar-refractivity contribution in [3.05, 3.63) is 28.2 Å². The molecule has 0 saturated carbocycles. The number of amides is 2. The third-order valence-corrected chi connectivity index (χ3v) is 5.74. The predicted octanol–water partition coefficient (Wildman–Crippen LogP) is 3.77. The fourth-order valence-electron chi connectivity index (χ4n) is 2.80. The van der Waals surface area contributed by atoms with Gasteiger partial charge in [-0.2, -0.15) is 5.10 Å². The number of amidine groups is 1. The summed E-state index contributed by atoms with van der Waals surface area (Å²) in [5.41, 5.74) is 0.810. The van der Waals surface area contributed by atoms with Gasteiger partial charge < -0.3 is 20.1 Å². The van der Waals surface area contributed by atoms with E-state index in [-0.39, 0.29) is 30.8 Å². The normalized spacial score (nSPS) is 14.8. The number of carbonyl (C=O) groups is 2. The molecule has 0 spiro atoms. The Morgan fingerprint density at radius 1 is 1.12 bits per heavy atom. The summed E-state index contributed by atoms with van der Waals surface area (Å²) in [6.07, 6.45) is 0.792. The molecule has 1 atom stereocenters. The Morgan fingerprint density at radius 2 is 1.85 bits per heavy atom. The Balaban J connectivity index is 0.00000281. The van der Waals surface area contributed by atoms with Crippen molar-refractivity contribution in [2.24, 2.45) is 11.0 Å². The van der Waals surface area contributed by atoms with Gasteiger partial charge >= 0.3 is 0 Å². The number of benzene rings is 1. The van der Waals surface area contributed by atoms with Crippen LogP contribution in [0.2, 0.25) is 10.0 Å². The number of rotatable bonds is 13. The van der Waals surface area contributed by atoms with Crippen LogP contribution in [-0.2, 0) is 19.1 Å². The van der Waals surface area contributed by atoms with Crippen molar-refractivity contribution in [1.29, 1.82) is 0 Å². The van der Waals surface area contributed by atoms with E-state index in [0.717, 1.165) is 12.2 Å². The molecule has 1 aliphatic rings. The van der Waals surface area contributed by atoms with Crippen molar-refractivity contribution in [1.82, 2.24) is 14.2 Å². The topological polar surface area (TPSA) is 104 Å². The number of nitrogens with zero attached hydrogens (tertiary/aromatic N) is 2. The zero-order valence-corrected chi connectivity index (χ0v) is 23.5. The van der Waals surface area contributed by atoms with Crippen LogP contribution in [0.4, 0.5) is 5.69 Å². The second kappa shape index (κ2) is 18.1. The Kier molecular flexibility index (Phi) is 16.5. The van der Waals surface area contributed by atoms with Gasteiger partial charge in [0.05, 0.1) is 42.1 Å². The zero-order valence-electron chi connectivity index (χ0n) is 19.8. The van der Waals surface area contributed by atoms with Crippen LogP contribution in [0.15, 0.2) is 23.3 Å². The van der Waals surface area contributed by atoms with Crippen LogP contribution in [0.25, 0.3) is 0 Å². The van der Waals surface area contributed by atoms with Crippen LogP contribution in [0.1, 0.15) is 33.6 Å². The fourth-order valence-corrected chi connectivity index (χ4v) is 3.31. The molecule has 2 amide bonds. The Labute approximate surface area is 225 Å². The highest BCUT2D eigenvalue weighted by Crippen LogP contribution is 2.29. The molecule has 1 aromatic carbocycles. The summed E-state index contributed by atoms with van der Waals surface area (Å²) < 4.78 is 13.5. The number of anilines is 1. The smallest absolute Gasteiger partial charge is 0.245 e. The summed E-state index contributed by atoms with van der Waals surface area (Å²) >= 11 is 14.1. The van der Waals surface area contributed by atoms with Gasteiger partial charge in [-0.05, 0) is 24.6 Å². The van der Waals surface area contributed by atoms with Gasteiger partial charge in [0.2, 0.25) is 11.8 Å². The van der Waals surface area contributed by atoms with Gasteiger partial charge in [-0.3, -0.25) is 18.1 Å². The van der Waals surface area contributed by atoms with E-state index in [4.69, 9.17) is 32.7 Å². The lowest BCUT2D eigenvalue weighted by Crippen LogP contribution is -2.34. The van der Waals surface area contributed by atoms with E-state index < -0.39 is 0 Å². The van der Waals surface area contributed by atoms with E-state index in [0.29, 0.717) is 55.2 Å². The SMILES string of the molecule is CC.CC1CN(c2ccc(Cl)c(Cl)c2)N=C1NC(=O)CCCNC(=O)COCCOCCNI. The highest BCUT2D eigenvalue weighted by atomic mass is 127. The fraction of sp³-hybridized carbons (Fsp3) is 0.591. The van der Waals surface area contributed by atoms with Gasteiger partial charge in [0, 0.05) is 48.3 Å². The minimum atomic E-state index is -0.217. The van der Waals surface area contributed by atoms with E-state index in [9.17, 15) is 9.59 Å². The molecule has 1 unspecified atom stereocenters. The number of hydrazone groups is 1. The molecule has 12 heteroatoms. The van der Waals surface area contributed by atoms with Gasteiger partial charge in [0.15, 0.2) is 0 Å². The van der Waals surface area contributed by atoms with Gasteiger partial charge in [-0.1, -0.05) is 44.0 Å². The lowest BCUT2D eigenvalue weighted by molar-refractivity contribution is -0.126. The minimum Gasteiger partial charge on any atom is -0.378 e. The molecular formula is C22H34Cl2IN5O4. The molecule has 0 aromatic heterocycles. The first-order valence-electron chi connectivity index (χ1n) is 11.3. The summed E-state index contributed by atoms with van der Waals surface area (Å²) in [5, 5.41) is 12.8. The molecule has 1 aliphatic heterocycles. The van der Waals surface area contributed by atoms with Crippen LogP contribution < -0.4 is 19.2 Å². The standard InChI is InChI=1S/C20H28Cl2IN5O4.C2H6/c1-14-12-28(15-4-5-16(21)17(22)11-15)27-20(14)26-18(29)3-2-6-24-19(30)13-32-10-9-31-8-7-25-23;1-2/h4-5,11,14,25H,2-3,6-10,12-13H2,1H3,(H,24,30)(H,26,27,29);1-2H3. The molecule has 1 heterocycles. The van der Waals surface area contributed by atoms with Crippen LogP contribution >= 0.6 is 46.1 Å². The molecule has 0 saturated heterocycles. The third-order valence-electron chi connectivity index (χ3n) is 4.46. The average molecular weight is 630 g/mol. The maximum atomic E-state index is 12.2. The van der Waals surface area contributed by atoms with Crippen molar-refractivity contribution in [2.75, 3.05) is 51.1 Å². The van der Waals surface area contributed by atoms with Crippen molar-refractivity contribution in [3.8, 4) is 0 Å². The minimum absolute atomic E-state index is 0.0288. The second-order valence-electron chi connectivity index (χ2n) is 7.12. The molecule has 2 rings (SSSR count). The molecule has 0 aliphatic carbocycles. The molecule has 34 heavy (non-hydrogen) atoms. The number of carbonyl (C=O) groups excluding carboxylic acids is 2. The molecule has 192 valence electrons. The van der Waals surface area contributed by atoms with Crippen molar-refractivity contribution in [3.63, 3.8) is 0 Å². The molecule has 9 nitrogen and oxygen atoms in total. The Hall–Kier alpha value is -1.18. The van der Waals surface area contributed by atoms with Crippen LogP contribution in [0.3, 0.4) is 0 Å². The van der Waals surface area contributed by atoms with Crippen LogP contribution in [-0.4, -0.2) is 63.7 Å². The predicted molar refractivity (Wildman–Crippen MR) is 146 cm³/mol. The largest absolute Gasteiger partial charge is 0.378 e. The van der Waals surface area contributed by atoms with Crippen LogP contribution in [0.5, 0.6) is 0 Å². The first-order valence-corrected chi connectivity index (χ1v) is 13.1. The number of halogens is 3. The molecule has 1 aromatic rings. The van der Waals surface area contributed by atoms with E-state index in [2.05, 4.69) is 19.3 Å². The van der Waals surface area contributed by atoms with Crippen LogP contribution in [0, 0.1) is 5.92 Å². The van der Waals surface area contributed by atoms with Crippen molar-refractivity contribution < 1.29 is 19.1 Å². The summed E-state index contributed by atoms with van der Waals surface area (Å²) in [7, 11) is 0. The number of hydrogen-bond donors (Lipinski definition) is 3. The molecule has 3 N–H and O–H groups in total. The molecule has 0 bridgehead atoms. The Bertz CT molecular complexity index is 801. The molecule has 0 radical (unpaired) electrons. The second-order valence-corrected chi connectivity index (χ2v) is 8.69. The van der Waals surface area contributed by atoms with Gasteiger partial charge in [-0.25, -0.2) is 0 Å². The summed E-state index contributed by atoms with van der Waals surface area (Å²) in [6.45, 7) is 9.14. The Morgan fingerprint density at radius 3 is 2.56 bits per heavy atom. The summed E-state index contributed by atoms with van der Waals surface area (Å²) in [6, 6.07) is 5.29. The lowest BCUT2D eigenvalue weighted by atomic mass is 10.1. The van der Waals surface area contributed by atoms with E-state index >= 15 is 0 Å². The zero-order chi connectivity index (χ0) is 25.3. The van der Waals surface area contributed by atoms with E-state index in [1.165, 1.54) is 0 Å². The lowest BCUT2D eigenvalue weighted by Gasteiger charge is -2.14. The quantitative estimate of drug-likeness (QED) is 0.174. The number of nitrogens with one attached hydrogen (secondary N) is 3. The first-order chi connectivity index (χ1) is 16.4. The maximum Gasteiger partial charge on any atom is 0.245 e. The van der Waals surface area contributed by atoms with E-state index in [1.807, 2.05) is 49.7 Å². The number of hydrogen-bond acceptors (Lipinski definition) is 7. The average Bonchev–Trinajstić information content (AvgIpc) is 3.19. The monoisotopic (exact) mass is 629 g/mol. The maximum absolute atomic E-state index is 12.2. The summed E-state index contributed by atoms with van der Waals surface area (Å²) in [4.78, 5) is 24.0.